The second-order valence-electron chi connectivity index (χ2n) is 9.24. The summed E-state index contributed by atoms with van der Waals surface area (Å²) >= 11 is 0. The summed E-state index contributed by atoms with van der Waals surface area (Å²) in [6, 6.07) is 8.43. The quantitative estimate of drug-likeness (QED) is 0.662. The highest BCUT2D eigenvalue weighted by molar-refractivity contribution is 7.89. The summed E-state index contributed by atoms with van der Waals surface area (Å²) in [5.74, 6) is 0.0607. The molecule has 1 atom stereocenters. The van der Waals surface area contributed by atoms with Crippen molar-refractivity contribution in [1.82, 2.24) is 19.3 Å². The molecule has 3 heterocycles. The number of nitrogens with zero attached hydrogens (tertiary/aromatic N) is 4. The number of aryl methyl sites for hydroxylation is 3. The molecule has 1 aromatic carbocycles. The van der Waals surface area contributed by atoms with Gasteiger partial charge in [0.25, 0.3) is 0 Å². The van der Waals surface area contributed by atoms with Crippen LogP contribution in [0.2, 0.25) is 0 Å². The molecule has 33 heavy (non-hydrogen) atoms. The zero-order valence-electron chi connectivity index (χ0n) is 19.8. The third-order valence-corrected chi connectivity index (χ3v) is 8.96. The normalized spacial score (nSPS) is 21.2. The van der Waals surface area contributed by atoms with E-state index >= 15 is 0 Å². The molecule has 4 rings (SSSR count). The standard InChI is InChI=1S/C24H34N4O4S/c1-18-8-4-5-9-21(18)16-26-11-7-12-27(15-14-26)24(29)22-10-6-13-28(17-22)33(30,31)23-19(2)25-32-20(23)3/h4-5,8-9,22H,6-7,10-17H2,1-3H3. The van der Waals surface area contributed by atoms with Gasteiger partial charge in [0.15, 0.2) is 5.76 Å². The van der Waals surface area contributed by atoms with E-state index in [1.165, 1.54) is 15.4 Å². The number of carbonyl (C=O) groups excluding carboxylic acids is 1. The minimum absolute atomic E-state index is 0.0754. The third-order valence-electron chi connectivity index (χ3n) is 6.85. The SMILES string of the molecule is Cc1ccccc1CN1CCCN(C(=O)C2CCCN(S(=O)(=O)c3c(C)noc3C)C2)CC1. The topological polar surface area (TPSA) is 87.0 Å². The maximum Gasteiger partial charge on any atom is 0.248 e. The van der Waals surface area contributed by atoms with Crippen LogP contribution in [0.5, 0.6) is 0 Å². The molecule has 8 nitrogen and oxygen atoms in total. The molecular formula is C24H34N4O4S. The highest BCUT2D eigenvalue weighted by atomic mass is 32.2. The van der Waals surface area contributed by atoms with Gasteiger partial charge in [-0.05, 0) is 51.2 Å². The summed E-state index contributed by atoms with van der Waals surface area (Å²) in [4.78, 5) is 17.9. The first-order valence-corrected chi connectivity index (χ1v) is 13.2. The van der Waals surface area contributed by atoms with Gasteiger partial charge in [-0.25, -0.2) is 8.42 Å². The van der Waals surface area contributed by atoms with Crippen molar-refractivity contribution in [3.63, 3.8) is 0 Å². The smallest absolute Gasteiger partial charge is 0.248 e. The van der Waals surface area contributed by atoms with E-state index in [0.717, 1.165) is 39.0 Å². The van der Waals surface area contributed by atoms with Crippen molar-refractivity contribution < 1.29 is 17.7 Å². The molecule has 0 radical (unpaired) electrons. The highest BCUT2D eigenvalue weighted by Crippen LogP contribution is 2.28. The van der Waals surface area contributed by atoms with E-state index in [2.05, 4.69) is 41.2 Å². The van der Waals surface area contributed by atoms with Crippen LogP contribution in [0.3, 0.4) is 0 Å². The van der Waals surface area contributed by atoms with Crippen LogP contribution in [0.1, 0.15) is 41.8 Å². The third kappa shape index (κ3) is 5.15. The molecule has 0 bridgehead atoms. The summed E-state index contributed by atoms with van der Waals surface area (Å²) in [5, 5.41) is 3.80. The predicted molar refractivity (Wildman–Crippen MR) is 125 cm³/mol. The van der Waals surface area contributed by atoms with Crippen LogP contribution in [0.4, 0.5) is 0 Å². The Kier molecular flexibility index (Phi) is 7.21. The molecule has 0 N–H and O–H groups in total. The van der Waals surface area contributed by atoms with Crippen molar-refractivity contribution in [3.8, 4) is 0 Å². The molecule has 1 amide bonds. The van der Waals surface area contributed by atoms with Crippen molar-refractivity contribution in [2.45, 2.75) is 51.5 Å². The van der Waals surface area contributed by atoms with Gasteiger partial charge in [-0.1, -0.05) is 29.4 Å². The number of rotatable bonds is 5. The second-order valence-corrected chi connectivity index (χ2v) is 11.1. The van der Waals surface area contributed by atoms with Gasteiger partial charge in [-0.3, -0.25) is 9.69 Å². The minimum atomic E-state index is -3.73. The lowest BCUT2D eigenvalue weighted by Gasteiger charge is -2.34. The maximum absolute atomic E-state index is 13.4. The fourth-order valence-electron chi connectivity index (χ4n) is 4.97. The van der Waals surface area contributed by atoms with Gasteiger partial charge in [-0.2, -0.15) is 4.31 Å². The first kappa shape index (κ1) is 23.9. The van der Waals surface area contributed by atoms with E-state index in [0.29, 0.717) is 31.0 Å². The number of piperidine rings is 1. The lowest BCUT2D eigenvalue weighted by atomic mass is 9.98. The molecule has 2 aliphatic heterocycles. The van der Waals surface area contributed by atoms with Crippen molar-refractivity contribution >= 4 is 15.9 Å². The summed E-state index contributed by atoms with van der Waals surface area (Å²) in [6.45, 7) is 10.1. The molecule has 1 aromatic heterocycles. The maximum atomic E-state index is 13.4. The van der Waals surface area contributed by atoms with Crippen molar-refractivity contribution in [3.05, 3.63) is 46.8 Å². The van der Waals surface area contributed by atoms with Crippen LogP contribution >= 0.6 is 0 Å². The fraction of sp³-hybridized carbons (Fsp3) is 0.583. The van der Waals surface area contributed by atoms with Crippen molar-refractivity contribution in [1.29, 1.82) is 0 Å². The van der Waals surface area contributed by atoms with E-state index in [-0.39, 0.29) is 23.3 Å². The molecule has 2 saturated heterocycles. The monoisotopic (exact) mass is 474 g/mol. The van der Waals surface area contributed by atoms with Gasteiger partial charge in [-0.15, -0.1) is 0 Å². The van der Waals surface area contributed by atoms with Crippen LogP contribution < -0.4 is 0 Å². The van der Waals surface area contributed by atoms with E-state index in [1.54, 1.807) is 13.8 Å². The van der Waals surface area contributed by atoms with E-state index in [1.807, 2.05) is 4.90 Å². The lowest BCUT2D eigenvalue weighted by Crippen LogP contribution is -2.47. The average Bonchev–Trinajstić information content (AvgIpc) is 2.99. The first-order chi connectivity index (χ1) is 15.8. The van der Waals surface area contributed by atoms with Crippen LogP contribution in [-0.4, -0.2) is 72.9 Å². The highest BCUT2D eigenvalue weighted by Gasteiger charge is 2.37. The molecular weight excluding hydrogens is 440 g/mol. The Morgan fingerprint density at radius 2 is 1.85 bits per heavy atom. The molecule has 180 valence electrons. The largest absolute Gasteiger partial charge is 0.360 e. The molecule has 0 aliphatic carbocycles. The molecule has 0 spiro atoms. The number of amides is 1. The molecule has 2 aromatic rings. The zero-order chi connectivity index (χ0) is 23.6. The number of hydrogen-bond donors (Lipinski definition) is 0. The zero-order valence-corrected chi connectivity index (χ0v) is 20.6. The summed E-state index contributed by atoms with van der Waals surface area (Å²) < 4.78 is 33.0. The Hall–Kier alpha value is -2.23. The van der Waals surface area contributed by atoms with Gasteiger partial charge < -0.3 is 9.42 Å². The van der Waals surface area contributed by atoms with E-state index in [9.17, 15) is 13.2 Å². The van der Waals surface area contributed by atoms with Crippen LogP contribution in [0, 0.1) is 26.7 Å². The van der Waals surface area contributed by atoms with Gasteiger partial charge in [0, 0.05) is 45.8 Å². The summed E-state index contributed by atoms with van der Waals surface area (Å²) in [7, 11) is -3.73. The Labute approximate surface area is 196 Å². The van der Waals surface area contributed by atoms with Crippen LogP contribution in [0.15, 0.2) is 33.7 Å². The van der Waals surface area contributed by atoms with Crippen LogP contribution in [0.25, 0.3) is 0 Å². The molecule has 2 aliphatic rings. The molecule has 0 saturated carbocycles. The van der Waals surface area contributed by atoms with Gasteiger partial charge >= 0.3 is 0 Å². The Morgan fingerprint density at radius 3 is 2.58 bits per heavy atom. The Morgan fingerprint density at radius 1 is 1.06 bits per heavy atom. The number of hydrogen-bond acceptors (Lipinski definition) is 6. The van der Waals surface area contributed by atoms with Crippen molar-refractivity contribution in [2.75, 3.05) is 39.3 Å². The van der Waals surface area contributed by atoms with Gasteiger partial charge in [0.2, 0.25) is 15.9 Å². The number of sulfonamides is 1. The molecule has 9 heteroatoms. The second kappa shape index (κ2) is 9.95. The van der Waals surface area contributed by atoms with Crippen molar-refractivity contribution in [2.24, 2.45) is 5.92 Å². The molecule has 1 unspecified atom stereocenters. The Bertz CT molecular complexity index is 1080. The number of carbonyl (C=O) groups is 1. The number of aromatic nitrogens is 1. The van der Waals surface area contributed by atoms with E-state index in [4.69, 9.17) is 4.52 Å². The minimum Gasteiger partial charge on any atom is -0.360 e. The van der Waals surface area contributed by atoms with Gasteiger partial charge in [0.1, 0.15) is 10.6 Å². The first-order valence-electron chi connectivity index (χ1n) is 11.8. The van der Waals surface area contributed by atoms with Crippen LogP contribution in [-0.2, 0) is 21.4 Å². The fourth-order valence-corrected chi connectivity index (χ4v) is 6.79. The lowest BCUT2D eigenvalue weighted by molar-refractivity contribution is -0.136. The van der Waals surface area contributed by atoms with Gasteiger partial charge in [0.05, 0.1) is 5.92 Å². The molecule has 2 fully saturated rings. The summed E-state index contributed by atoms with van der Waals surface area (Å²) in [5.41, 5.74) is 2.98. The average molecular weight is 475 g/mol. The Balaban J connectivity index is 1.39. The van der Waals surface area contributed by atoms with E-state index < -0.39 is 10.0 Å². The predicted octanol–water partition coefficient (Wildman–Crippen LogP) is 2.74. The number of benzene rings is 1. The summed E-state index contributed by atoms with van der Waals surface area (Å²) in [6.07, 6.45) is 2.31.